The predicted molar refractivity (Wildman–Crippen MR) is 255 cm³/mol. The number of nitrogens with two attached hydrogens (primary N) is 2. The lowest BCUT2D eigenvalue weighted by Crippen LogP contribution is -2.57. The summed E-state index contributed by atoms with van der Waals surface area (Å²) < 4.78 is 5.80. The van der Waals surface area contributed by atoms with Crippen molar-refractivity contribution in [1.82, 2.24) is 37.2 Å². The van der Waals surface area contributed by atoms with Gasteiger partial charge in [0.1, 0.15) is 30.2 Å². The van der Waals surface area contributed by atoms with Crippen LogP contribution in [0.2, 0.25) is 0 Å². The van der Waals surface area contributed by atoms with Gasteiger partial charge < -0.3 is 63.6 Å². The lowest BCUT2D eigenvalue weighted by Gasteiger charge is -2.27. The minimum absolute atomic E-state index is 0.0105. The summed E-state index contributed by atoms with van der Waals surface area (Å²) >= 11 is 0. The molecule has 1 aromatic rings. The van der Waals surface area contributed by atoms with E-state index in [0.29, 0.717) is 12.0 Å². The van der Waals surface area contributed by atoms with Crippen LogP contribution in [-0.2, 0) is 54.3 Å². The third-order valence-corrected chi connectivity index (χ3v) is 11.0. The Kier molecular flexibility index (Phi) is 24.3. The predicted octanol–water partition coefficient (Wildman–Crippen LogP) is 0.0302. The van der Waals surface area contributed by atoms with Crippen LogP contribution in [0.3, 0.4) is 0 Å². The fourth-order valence-electron chi connectivity index (χ4n) is 7.09. The SMILES string of the molecule is C=C1NC(=O)CC[C@H](C(=O)O)NC(=O)C(C)C(/C=C/C(C)=C/C(C)C(Cc2ccccc2)OC)NC(=O)C(CCCN=C(N)N)NC(=O)CC(C(=O)O)NC(=O)[C@H](CC(C)C)NC(=O)[C@@H](C)NC1=O. The van der Waals surface area contributed by atoms with Gasteiger partial charge >= 0.3 is 11.9 Å². The van der Waals surface area contributed by atoms with Gasteiger partial charge in [0.25, 0.3) is 5.91 Å². The van der Waals surface area contributed by atoms with Gasteiger partial charge in [0.15, 0.2) is 5.96 Å². The first kappa shape index (κ1) is 58.0. The summed E-state index contributed by atoms with van der Waals surface area (Å²) in [5, 5.41) is 37.2. The third kappa shape index (κ3) is 21.2. The minimum atomic E-state index is -1.85. The van der Waals surface area contributed by atoms with Crippen LogP contribution in [0, 0.1) is 17.8 Å². The molecule has 1 aliphatic heterocycles. The smallest absolute Gasteiger partial charge is 0.326 e. The van der Waals surface area contributed by atoms with Crippen LogP contribution in [0.5, 0.6) is 0 Å². The molecule has 69 heavy (non-hydrogen) atoms. The molecule has 1 fully saturated rings. The number of carbonyl (C=O) groups is 9. The fourth-order valence-corrected chi connectivity index (χ4v) is 7.09. The van der Waals surface area contributed by atoms with E-state index in [-0.39, 0.29) is 49.7 Å². The number of allylic oxidation sites excluding steroid dienone is 2. The molecule has 1 heterocycles. The topological polar surface area (TPSA) is 352 Å². The number of aliphatic carboxylic acids is 2. The summed E-state index contributed by atoms with van der Waals surface area (Å²) in [6, 6.07) is 1.06. The van der Waals surface area contributed by atoms with Gasteiger partial charge in [-0.05, 0) is 57.4 Å². The van der Waals surface area contributed by atoms with Crippen LogP contribution >= 0.6 is 0 Å². The first-order valence-corrected chi connectivity index (χ1v) is 22.7. The van der Waals surface area contributed by atoms with Gasteiger partial charge in [0.2, 0.25) is 35.4 Å². The number of methoxy groups -OCH3 is 1. The Labute approximate surface area is 402 Å². The number of aliphatic imine (C=N–C) groups is 1. The van der Waals surface area contributed by atoms with E-state index in [1.807, 2.05) is 43.3 Å². The number of guanidine groups is 1. The Morgan fingerprint density at radius 3 is 2.06 bits per heavy atom. The molecule has 1 saturated heterocycles. The molecule has 22 heteroatoms. The lowest BCUT2D eigenvalue weighted by molar-refractivity contribution is -0.144. The molecule has 9 atom stereocenters. The van der Waals surface area contributed by atoms with E-state index in [2.05, 4.69) is 48.8 Å². The normalized spacial score (nSPS) is 24.5. The monoisotopic (exact) mass is 967 g/mol. The highest BCUT2D eigenvalue weighted by Crippen LogP contribution is 2.18. The summed E-state index contributed by atoms with van der Waals surface area (Å²) in [4.78, 5) is 123. The van der Waals surface area contributed by atoms with Gasteiger partial charge in [-0.1, -0.05) is 88.4 Å². The van der Waals surface area contributed by atoms with Crippen LogP contribution in [0.25, 0.3) is 0 Å². The average Bonchev–Trinajstić information content (AvgIpc) is 3.27. The van der Waals surface area contributed by atoms with Crippen LogP contribution in [0.1, 0.15) is 85.6 Å². The van der Waals surface area contributed by atoms with Gasteiger partial charge in [-0.2, -0.15) is 0 Å². The molecule has 380 valence electrons. The highest BCUT2D eigenvalue weighted by atomic mass is 16.5. The highest BCUT2D eigenvalue weighted by molar-refractivity contribution is 6.00. The minimum Gasteiger partial charge on any atom is -0.480 e. The summed E-state index contributed by atoms with van der Waals surface area (Å²) in [7, 11) is 1.61. The number of hydrogen-bond acceptors (Lipinski definition) is 11. The van der Waals surface area contributed by atoms with E-state index in [1.165, 1.54) is 19.9 Å². The van der Waals surface area contributed by atoms with Crippen LogP contribution in [-0.4, -0.2) is 125 Å². The number of carboxylic acid groups (broad SMARTS) is 2. The molecule has 0 saturated carbocycles. The first-order valence-electron chi connectivity index (χ1n) is 22.7. The number of nitrogens with zero attached hydrogens (tertiary/aromatic N) is 1. The summed E-state index contributed by atoms with van der Waals surface area (Å²) in [6.07, 6.45) is 3.74. The van der Waals surface area contributed by atoms with Gasteiger partial charge in [-0.15, -0.1) is 0 Å². The van der Waals surface area contributed by atoms with Crippen molar-refractivity contribution in [2.24, 2.45) is 34.2 Å². The average molecular weight is 967 g/mol. The first-order chi connectivity index (χ1) is 32.4. The Morgan fingerprint density at radius 2 is 1.46 bits per heavy atom. The van der Waals surface area contributed by atoms with Gasteiger partial charge in [-0.3, -0.25) is 38.6 Å². The number of carboxylic acids is 2. The van der Waals surface area contributed by atoms with Gasteiger partial charge in [0.05, 0.1) is 30.2 Å². The Bertz CT molecular complexity index is 2090. The zero-order chi connectivity index (χ0) is 52.0. The second-order valence-corrected chi connectivity index (χ2v) is 17.4. The molecule has 2 rings (SSSR count). The quantitative estimate of drug-likeness (QED) is 0.0364. The summed E-state index contributed by atoms with van der Waals surface area (Å²) in [6.45, 7) is 13.5. The van der Waals surface area contributed by atoms with Crippen LogP contribution in [0.15, 0.2) is 71.4 Å². The van der Waals surface area contributed by atoms with E-state index < -0.39 is 120 Å². The van der Waals surface area contributed by atoms with E-state index in [9.17, 15) is 53.4 Å². The molecule has 0 radical (unpaired) electrons. The van der Waals surface area contributed by atoms with Crippen molar-refractivity contribution in [2.75, 3.05) is 13.7 Å². The second-order valence-electron chi connectivity index (χ2n) is 17.4. The summed E-state index contributed by atoms with van der Waals surface area (Å²) in [5.41, 5.74) is 12.2. The number of rotatable bonds is 15. The number of benzene rings is 1. The largest absolute Gasteiger partial charge is 0.480 e. The number of hydrogen-bond donors (Lipinski definition) is 11. The van der Waals surface area contributed by atoms with Gasteiger partial charge in [0, 0.05) is 26.0 Å². The molecule has 0 bridgehead atoms. The maximum absolute atomic E-state index is 14.2. The van der Waals surface area contributed by atoms with Crippen molar-refractivity contribution in [1.29, 1.82) is 0 Å². The lowest BCUT2D eigenvalue weighted by atomic mass is 9.94. The number of ether oxygens (including phenoxy) is 1. The van der Waals surface area contributed by atoms with Crippen molar-refractivity contribution in [3.8, 4) is 0 Å². The van der Waals surface area contributed by atoms with E-state index >= 15 is 0 Å². The van der Waals surface area contributed by atoms with E-state index in [4.69, 9.17) is 16.2 Å². The molecule has 1 aliphatic rings. The number of amides is 7. The Hall–Kier alpha value is -7.10. The molecule has 6 unspecified atom stereocenters. The van der Waals surface area contributed by atoms with Crippen molar-refractivity contribution < 1.29 is 58.1 Å². The third-order valence-electron chi connectivity index (χ3n) is 11.0. The molecule has 0 aliphatic carbocycles. The van der Waals surface area contributed by atoms with Crippen LogP contribution < -0.4 is 48.7 Å². The molecular formula is C47H70N10O12. The van der Waals surface area contributed by atoms with Crippen molar-refractivity contribution in [3.63, 3.8) is 0 Å². The van der Waals surface area contributed by atoms with Crippen molar-refractivity contribution >= 4 is 59.2 Å². The second kappa shape index (κ2) is 28.9. The van der Waals surface area contributed by atoms with Crippen molar-refractivity contribution in [2.45, 2.75) is 129 Å². The maximum Gasteiger partial charge on any atom is 0.326 e. The molecule has 7 amide bonds. The molecule has 1 aromatic carbocycles. The number of nitrogens with one attached hydrogen (secondary N) is 7. The summed E-state index contributed by atoms with van der Waals surface area (Å²) in [5.74, 6) is -11.2. The zero-order valence-electron chi connectivity index (χ0n) is 40.3. The fraction of sp³-hybridized carbons (Fsp3) is 0.532. The van der Waals surface area contributed by atoms with Gasteiger partial charge in [-0.25, -0.2) is 9.59 Å². The molecule has 22 nitrogen and oxygen atoms in total. The standard InChI is InChI=1S/C47H70N10O12/c1-25(2)21-35-44(64)57-36(46(67)68)24-39(59)53-33(15-12-20-50-47(48)49)43(63)54-32(17-16-26(3)22-27(4)37(69-8)23-31-13-10-9-11-14-31)28(5)40(60)55-34(45(65)66)18-19-38(58)51-29(6)41(61)52-30(7)42(62)56-35/h9-11,13-14,16-17,22,25,27-28,30,32-37H,6,12,15,18-21,23-24H2,1-5,7-8H3,(H,51,58)(H,52,61)(H,53,59)(H,54,63)(H,55,60)(H,56,62)(H,57,64)(H,65,66)(H,67,68)(H4,48,49,50)/b17-16+,26-22+/t27?,28?,30-,32?,33?,34-,35+,36?,37?/m1/s1. The maximum atomic E-state index is 14.2. The molecule has 0 spiro atoms. The van der Waals surface area contributed by atoms with E-state index in [0.717, 1.165) is 5.56 Å². The van der Waals surface area contributed by atoms with Crippen LogP contribution in [0.4, 0.5) is 0 Å². The number of carbonyl (C=O) groups excluding carboxylic acids is 7. The molecule has 13 N–H and O–H groups in total. The Morgan fingerprint density at radius 1 is 0.841 bits per heavy atom. The molecule has 0 aromatic heterocycles. The van der Waals surface area contributed by atoms with E-state index in [1.54, 1.807) is 34.0 Å². The highest BCUT2D eigenvalue weighted by Gasteiger charge is 2.34. The zero-order valence-corrected chi connectivity index (χ0v) is 40.3. The Balaban J connectivity index is 2.66. The van der Waals surface area contributed by atoms with Crippen molar-refractivity contribution in [3.05, 3.63) is 72.0 Å². The molecular weight excluding hydrogens is 897 g/mol.